The zero-order chi connectivity index (χ0) is 20.1. The van der Waals surface area contributed by atoms with Crippen molar-refractivity contribution in [2.75, 3.05) is 13.2 Å². The smallest absolute Gasteiger partial charge is 0.163 e. The summed E-state index contributed by atoms with van der Waals surface area (Å²) in [5.74, 6) is 0.0875. The third-order valence-corrected chi connectivity index (χ3v) is 4.59. The monoisotopic (exact) mass is 386 g/mol. The largest absolute Gasteiger partial charge is 0.490 e. The van der Waals surface area contributed by atoms with Crippen LogP contribution in [0.25, 0.3) is 0 Å². The van der Waals surface area contributed by atoms with E-state index in [9.17, 15) is 0 Å². The number of benzene rings is 3. The summed E-state index contributed by atoms with van der Waals surface area (Å²) in [6, 6.07) is 29.1. The Labute approximate surface area is 171 Å². The van der Waals surface area contributed by atoms with E-state index in [2.05, 4.69) is 30.3 Å². The van der Waals surface area contributed by atoms with Crippen LogP contribution in [0, 0.1) is 6.07 Å². The molecule has 4 heteroatoms. The topological polar surface area (TPSA) is 40.0 Å². The van der Waals surface area contributed by atoms with Gasteiger partial charge in [-0.25, -0.2) is 4.99 Å². The minimum absolute atomic E-state index is 0.0882. The van der Waals surface area contributed by atoms with E-state index in [1.54, 1.807) is 0 Å². The summed E-state index contributed by atoms with van der Waals surface area (Å²) < 4.78 is 17.3. The molecule has 147 valence electrons. The molecular weight excluding hydrogens is 362 g/mol. The summed E-state index contributed by atoms with van der Waals surface area (Å²) in [5, 5.41) is 0. The van der Waals surface area contributed by atoms with Gasteiger partial charge in [0.1, 0.15) is 18.5 Å². The maximum atomic E-state index is 5.89. The number of ether oxygens (including phenoxy) is 3. The molecule has 0 aromatic heterocycles. The minimum Gasteiger partial charge on any atom is -0.490 e. The second-order valence-corrected chi connectivity index (χ2v) is 7.37. The number of hydrogen-bond donors (Lipinski definition) is 0. The molecule has 3 aromatic rings. The Balaban J connectivity index is 1.56. The van der Waals surface area contributed by atoms with Crippen LogP contribution in [-0.2, 0) is 9.47 Å². The number of hydrogen-bond acceptors (Lipinski definition) is 4. The van der Waals surface area contributed by atoms with E-state index < -0.39 is 5.79 Å². The highest BCUT2D eigenvalue weighted by Gasteiger charge is 2.32. The Hall–Kier alpha value is -2.95. The van der Waals surface area contributed by atoms with Crippen LogP contribution in [0.4, 0.5) is 5.69 Å². The van der Waals surface area contributed by atoms with Crippen LogP contribution in [0.3, 0.4) is 0 Å². The molecule has 0 amide bonds. The Morgan fingerprint density at radius 2 is 1.69 bits per heavy atom. The molecule has 0 aliphatic carbocycles. The second kappa shape index (κ2) is 8.60. The van der Waals surface area contributed by atoms with Gasteiger partial charge in [0, 0.05) is 23.3 Å². The van der Waals surface area contributed by atoms with Crippen LogP contribution < -0.4 is 4.74 Å². The fraction of sp³-hybridized carbons (Fsp3) is 0.240. The first-order chi connectivity index (χ1) is 14.1. The van der Waals surface area contributed by atoms with E-state index in [-0.39, 0.29) is 6.10 Å². The van der Waals surface area contributed by atoms with Gasteiger partial charge in [-0.1, -0.05) is 60.7 Å². The molecule has 0 unspecified atom stereocenters. The molecule has 4 rings (SSSR count). The Morgan fingerprint density at radius 1 is 1.03 bits per heavy atom. The summed E-state index contributed by atoms with van der Waals surface area (Å²) in [6.07, 6.45) is -0.0882. The van der Waals surface area contributed by atoms with Crippen molar-refractivity contribution in [1.82, 2.24) is 0 Å². The first kappa shape index (κ1) is 19.4. The molecule has 0 saturated carbocycles. The van der Waals surface area contributed by atoms with Crippen LogP contribution in [0.5, 0.6) is 5.75 Å². The summed E-state index contributed by atoms with van der Waals surface area (Å²) in [5.41, 5.74) is 3.85. The van der Waals surface area contributed by atoms with Gasteiger partial charge in [-0.2, -0.15) is 0 Å². The zero-order valence-corrected chi connectivity index (χ0v) is 16.7. The normalized spacial score (nSPS) is 17.7. The van der Waals surface area contributed by atoms with Gasteiger partial charge in [-0.15, -0.1) is 0 Å². The summed E-state index contributed by atoms with van der Waals surface area (Å²) in [6.45, 7) is 4.75. The van der Waals surface area contributed by atoms with Crippen LogP contribution in [0.2, 0.25) is 0 Å². The average Bonchev–Trinajstić information content (AvgIpc) is 3.11. The van der Waals surface area contributed by atoms with E-state index >= 15 is 0 Å². The molecule has 1 aliphatic rings. The van der Waals surface area contributed by atoms with Gasteiger partial charge in [0.15, 0.2) is 5.79 Å². The molecule has 29 heavy (non-hydrogen) atoms. The van der Waals surface area contributed by atoms with Gasteiger partial charge in [0.2, 0.25) is 0 Å². The van der Waals surface area contributed by atoms with Crippen molar-refractivity contribution in [3.63, 3.8) is 0 Å². The molecule has 1 fully saturated rings. The first-order valence-corrected chi connectivity index (χ1v) is 9.75. The molecule has 1 radical (unpaired) electrons. The lowest BCUT2D eigenvalue weighted by molar-refractivity contribution is -0.141. The van der Waals surface area contributed by atoms with Gasteiger partial charge in [0.25, 0.3) is 0 Å². The lowest BCUT2D eigenvalue weighted by Crippen LogP contribution is -2.25. The van der Waals surface area contributed by atoms with Crippen LogP contribution in [0.1, 0.15) is 25.0 Å². The molecule has 4 nitrogen and oxygen atoms in total. The molecule has 1 heterocycles. The van der Waals surface area contributed by atoms with E-state index in [4.69, 9.17) is 19.2 Å². The fourth-order valence-electron chi connectivity index (χ4n) is 3.23. The minimum atomic E-state index is -0.551. The zero-order valence-electron chi connectivity index (χ0n) is 16.7. The molecule has 1 atom stereocenters. The number of aliphatic imine (C=N–C) groups is 1. The van der Waals surface area contributed by atoms with E-state index in [0.717, 1.165) is 22.5 Å². The maximum absolute atomic E-state index is 5.89. The lowest BCUT2D eigenvalue weighted by atomic mass is 10.0. The Bertz CT molecular complexity index is 926. The van der Waals surface area contributed by atoms with Gasteiger partial charge in [-0.3, -0.25) is 0 Å². The van der Waals surface area contributed by atoms with Crippen LogP contribution >= 0.6 is 0 Å². The first-order valence-electron chi connectivity index (χ1n) is 9.75. The van der Waals surface area contributed by atoms with Crippen molar-refractivity contribution in [2.24, 2.45) is 4.99 Å². The molecule has 0 spiro atoms. The molecule has 0 bridgehead atoms. The van der Waals surface area contributed by atoms with Crippen molar-refractivity contribution in [2.45, 2.75) is 25.7 Å². The van der Waals surface area contributed by atoms with Crippen LogP contribution in [-0.4, -0.2) is 30.8 Å². The van der Waals surface area contributed by atoms with E-state index in [0.29, 0.717) is 19.0 Å². The van der Waals surface area contributed by atoms with Crippen LogP contribution in [0.15, 0.2) is 83.9 Å². The standard InChI is InChI=1S/C25H24NO3/c1-25(2)28-18-23(29-25)17-27-22-15-9-14-21(16-22)26-24(19-10-5-3-6-11-19)20-12-7-4-8-13-20/h3-14,16,23H,17-18H2,1-2H3/t23-/m1/s1. The summed E-state index contributed by atoms with van der Waals surface area (Å²) in [7, 11) is 0. The highest BCUT2D eigenvalue weighted by atomic mass is 16.7. The number of rotatable bonds is 6. The Kier molecular flexibility index (Phi) is 5.74. The SMILES string of the molecule is CC1(C)OC[C@@H](COc2[c]ccc(N=C(c3ccccc3)c3ccccc3)c2)O1. The van der Waals surface area contributed by atoms with Gasteiger partial charge in [0.05, 0.1) is 18.0 Å². The van der Waals surface area contributed by atoms with Gasteiger partial charge >= 0.3 is 0 Å². The third kappa shape index (κ3) is 5.11. The molecule has 0 N–H and O–H groups in total. The predicted molar refractivity (Wildman–Crippen MR) is 114 cm³/mol. The Morgan fingerprint density at radius 3 is 2.28 bits per heavy atom. The molecule has 1 aliphatic heterocycles. The lowest BCUT2D eigenvalue weighted by Gasteiger charge is -2.17. The summed E-state index contributed by atoms with van der Waals surface area (Å²) in [4.78, 5) is 4.92. The molecule has 1 saturated heterocycles. The van der Waals surface area contributed by atoms with E-state index in [1.807, 2.05) is 68.4 Å². The third-order valence-electron chi connectivity index (χ3n) is 4.59. The van der Waals surface area contributed by atoms with E-state index in [1.165, 1.54) is 0 Å². The predicted octanol–water partition coefficient (Wildman–Crippen LogP) is 5.19. The summed E-state index contributed by atoms with van der Waals surface area (Å²) >= 11 is 0. The fourth-order valence-corrected chi connectivity index (χ4v) is 3.23. The van der Waals surface area contributed by atoms with Crippen molar-refractivity contribution in [3.05, 3.63) is 96.1 Å². The van der Waals surface area contributed by atoms with Crippen molar-refractivity contribution in [3.8, 4) is 5.75 Å². The molecule has 3 aromatic carbocycles. The molecular formula is C25H24NO3. The maximum Gasteiger partial charge on any atom is 0.163 e. The van der Waals surface area contributed by atoms with Crippen molar-refractivity contribution >= 4 is 11.4 Å². The van der Waals surface area contributed by atoms with Crippen molar-refractivity contribution in [1.29, 1.82) is 0 Å². The highest BCUT2D eigenvalue weighted by molar-refractivity contribution is 6.13. The number of nitrogens with zero attached hydrogens (tertiary/aromatic N) is 1. The quantitative estimate of drug-likeness (QED) is 0.548. The highest BCUT2D eigenvalue weighted by Crippen LogP contribution is 2.25. The average molecular weight is 386 g/mol. The van der Waals surface area contributed by atoms with Gasteiger partial charge < -0.3 is 14.2 Å². The van der Waals surface area contributed by atoms with Gasteiger partial charge in [-0.05, 0) is 26.0 Å². The second-order valence-electron chi connectivity index (χ2n) is 7.37. The van der Waals surface area contributed by atoms with Crippen molar-refractivity contribution < 1.29 is 14.2 Å².